The van der Waals surface area contributed by atoms with Crippen molar-refractivity contribution in [3.8, 4) is 0 Å². The highest BCUT2D eigenvalue weighted by molar-refractivity contribution is 7.22. The normalized spacial score (nSPS) is 11.3. The van der Waals surface area contributed by atoms with Gasteiger partial charge in [0.1, 0.15) is 0 Å². The Labute approximate surface area is 169 Å². The highest BCUT2D eigenvalue weighted by atomic mass is 35.5. The second kappa shape index (κ2) is 8.38. The maximum absolute atomic E-state index is 13.2. The highest BCUT2D eigenvalue weighted by Crippen LogP contribution is 2.33. The summed E-state index contributed by atoms with van der Waals surface area (Å²) in [4.78, 5) is 21.9. The molecule has 3 rings (SSSR count). The number of hydrogen-bond acceptors (Lipinski definition) is 4. The smallest absolute Gasteiger partial charge is 0.260 e. The fourth-order valence-electron chi connectivity index (χ4n) is 3.06. The number of hydrogen-bond donors (Lipinski definition) is 0. The second-order valence-corrected chi connectivity index (χ2v) is 8.46. The summed E-state index contributed by atoms with van der Waals surface area (Å²) in [6, 6.07) is 11.3. The molecule has 1 aromatic heterocycles. The van der Waals surface area contributed by atoms with Gasteiger partial charge in [-0.05, 0) is 82.4 Å². The van der Waals surface area contributed by atoms with Crippen molar-refractivity contribution in [1.82, 2.24) is 9.88 Å². The minimum Gasteiger partial charge on any atom is -0.309 e. The average molecular weight is 402 g/mol. The van der Waals surface area contributed by atoms with Gasteiger partial charge in [0.25, 0.3) is 5.91 Å². The van der Waals surface area contributed by atoms with Crippen LogP contribution in [-0.2, 0) is 0 Å². The van der Waals surface area contributed by atoms with Crippen molar-refractivity contribution in [2.45, 2.75) is 20.3 Å². The number of fused-ring (bicyclic) bond motifs is 1. The van der Waals surface area contributed by atoms with Crippen LogP contribution in [0.1, 0.15) is 27.9 Å². The molecular formula is C21H24ClN3OS. The van der Waals surface area contributed by atoms with Crippen molar-refractivity contribution in [3.63, 3.8) is 0 Å². The number of amides is 1. The molecule has 0 unspecified atom stereocenters. The lowest BCUT2D eigenvalue weighted by Gasteiger charge is -2.21. The lowest BCUT2D eigenvalue weighted by atomic mass is 10.1. The number of aryl methyl sites for hydroxylation is 2. The highest BCUT2D eigenvalue weighted by Gasteiger charge is 2.21. The first-order valence-corrected chi connectivity index (χ1v) is 10.1. The molecule has 142 valence electrons. The molecule has 0 aliphatic rings. The summed E-state index contributed by atoms with van der Waals surface area (Å²) in [7, 11) is 4.07. The largest absolute Gasteiger partial charge is 0.309 e. The van der Waals surface area contributed by atoms with Gasteiger partial charge in [0.15, 0.2) is 5.13 Å². The topological polar surface area (TPSA) is 36.4 Å². The van der Waals surface area contributed by atoms with Gasteiger partial charge >= 0.3 is 0 Å². The van der Waals surface area contributed by atoms with Crippen LogP contribution in [0.3, 0.4) is 0 Å². The predicted molar refractivity (Wildman–Crippen MR) is 115 cm³/mol. The molecular weight excluding hydrogens is 378 g/mol. The Morgan fingerprint density at radius 2 is 1.81 bits per heavy atom. The summed E-state index contributed by atoms with van der Waals surface area (Å²) in [6.45, 7) is 5.69. The predicted octanol–water partition coefficient (Wildman–Crippen LogP) is 5.17. The van der Waals surface area contributed by atoms with Gasteiger partial charge in [0.2, 0.25) is 0 Å². The first-order valence-electron chi connectivity index (χ1n) is 8.95. The molecule has 0 saturated carbocycles. The summed E-state index contributed by atoms with van der Waals surface area (Å²) in [6.07, 6.45) is 0.875. The third kappa shape index (κ3) is 4.67. The van der Waals surface area contributed by atoms with Gasteiger partial charge in [-0.25, -0.2) is 4.98 Å². The van der Waals surface area contributed by atoms with E-state index in [0.29, 0.717) is 17.1 Å². The van der Waals surface area contributed by atoms with E-state index in [1.165, 1.54) is 11.1 Å². The quantitative estimate of drug-likeness (QED) is 0.572. The zero-order valence-electron chi connectivity index (χ0n) is 16.1. The number of halogens is 1. The van der Waals surface area contributed by atoms with Crippen molar-refractivity contribution < 1.29 is 4.79 Å². The van der Waals surface area contributed by atoms with Crippen LogP contribution in [0.25, 0.3) is 10.2 Å². The molecule has 0 saturated heterocycles. The van der Waals surface area contributed by atoms with Crippen molar-refractivity contribution >= 4 is 44.2 Å². The Kier molecular flexibility index (Phi) is 6.15. The molecule has 0 N–H and O–H groups in total. The maximum Gasteiger partial charge on any atom is 0.260 e. The van der Waals surface area contributed by atoms with Crippen LogP contribution < -0.4 is 4.90 Å². The summed E-state index contributed by atoms with van der Waals surface area (Å²) in [5, 5.41) is 1.37. The second-order valence-electron chi connectivity index (χ2n) is 7.05. The molecule has 0 bridgehead atoms. The number of thiazole rings is 1. The van der Waals surface area contributed by atoms with E-state index in [0.717, 1.165) is 28.3 Å². The van der Waals surface area contributed by atoms with Gasteiger partial charge in [0, 0.05) is 17.1 Å². The zero-order chi connectivity index (χ0) is 19.6. The first-order chi connectivity index (χ1) is 12.8. The molecule has 0 aliphatic carbocycles. The molecule has 4 nitrogen and oxygen atoms in total. The molecule has 3 aromatic rings. The van der Waals surface area contributed by atoms with Crippen molar-refractivity contribution in [2.75, 3.05) is 32.1 Å². The summed E-state index contributed by atoms with van der Waals surface area (Å²) in [5.41, 5.74) is 3.95. The first kappa shape index (κ1) is 19.8. The van der Waals surface area contributed by atoms with Gasteiger partial charge in [-0.15, -0.1) is 0 Å². The molecule has 0 aliphatic heterocycles. The van der Waals surface area contributed by atoms with Gasteiger partial charge in [-0.1, -0.05) is 29.0 Å². The molecule has 27 heavy (non-hydrogen) atoms. The molecule has 1 amide bonds. The molecule has 0 fully saturated rings. The summed E-state index contributed by atoms with van der Waals surface area (Å²) in [5.74, 6) is -0.0427. The fourth-order valence-corrected chi connectivity index (χ4v) is 4.22. The Balaban J connectivity index is 1.97. The average Bonchev–Trinajstić information content (AvgIpc) is 3.02. The van der Waals surface area contributed by atoms with Crippen LogP contribution in [-0.4, -0.2) is 43.0 Å². The SMILES string of the molecule is Cc1cc(C)c2sc(N(CCCN(C)C)C(=O)c3ccc(Cl)cc3)nc2c1. The van der Waals surface area contributed by atoms with E-state index >= 15 is 0 Å². The summed E-state index contributed by atoms with van der Waals surface area (Å²) < 4.78 is 1.14. The van der Waals surface area contributed by atoms with Crippen LogP contribution in [0, 0.1) is 13.8 Å². The van der Waals surface area contributed by atoms with Gasteiger partial charge in [-0.3, -0.25) is 9.69 Å². The van der Waals surface area contributed by atoms with E-state index in [-0.39, 0.29) is 5.91 Å². The standard InChI is InChI=1S/C21H24ClN3OS/c1-14-12-15(2)19-18(13-14)23-21(27-19)25(11-5-10-24(3)4)20(26)16-6-8-17(22)9-7-16/h6-9,12-13H,5,10-11H2,1-4H3. The molecule has 0 radical (unpaired) electrons. The van der Waals surface area contributed by atoms with E-state index in [1.54, 1.807) is 40.5 Å². The molecule has 0 spiro atoms. The van der Waals surface area contributed by atoms with Gasteiger partial charge in [-0.2, -0.15) is 0 Å². The Morgan fingerprint density at radius 1 is 1.11 bits per heavy atom. The monoisotopic (exact) mass is 401 g/mol. The lowest BCUT2D eigenvalue weighted by Crippen LogP contribution is -2.33. The van der Waals surface area contributed by atoms with Crippen LogP contribution in [0.5, 0.6) is 0 Å². The lowest BCUT2D eigenvalue weighted by molar-refractivity contribution is 0.0986. The Bertz CT molecular complexity index is 950. The Hall–Kier alpha value is -1.95. The maximum atomic E-state index is 13.2. The van der Waals surface area contributed by atoms with E-state index in [1.807, 2.05) is 14.1 Å². The number of benzene rings is 2. The van der Waals surface area contributed by atoms with E-state index in [2.05, 4.69) is 30.9 Å². The molecule has 0 atom stereocenters. The minimum atomic E-state index is -0.0427. The van der Waals surface area contributed by atoms with Crippen molar-refractivity contribution in [3.05, 3.63) is 58.1 Å². The van der Waals surface area contributed by atoms with Crippen LogP contribution >= 0.6 is 22.9 Å². The number of carbonyl (C=O) groups excluding carboxylic acids is 1. The van der Waals surface area contributed by atoms with Gasteiger partial charge < -0.3 is 4.90 Å². The summed E-state index contributed by atoms with van der Waals surface area (Å²) >= 11 is 7.56. The van der Waals surface area contributed by atoms with E-state index in [9.17, 15) is 4.79 Å². The van der Waals surface area contributed by atoms with Crippen LogP contribution in [0.4, 0.5) is 5.13 Å². The van der Waals surface area contributed by atoms with Crippen molar-refractivity contribution in [1.29, 1.82) is 0 Å². The van der Waals surface area contributed by atoms with Crippen LogP contribution in [0.15, 0.2) is 36.4 Å². The number of carbonyl (C=O) groups is 1. The number of nitrogens with zero attached hydrogens (tertiary/aromatic N) is 3. The number of aromatic nitrogens is 1. The molecule has 1 heterocycles. The number of rotatable bonds is 6. The third-order valence-electron chi connectivity index (χ3n) is 4.36. The van der Waals surface area contributed by atoms with Crippen LogP contribution in [0.2, 0.25) is 5.02 Å². The molecule has 2 aromatic carbocycles. The van der Waals surface area contributed by atoms with Gasteiger partial charge in [0.05, 0.1) is 10.2 Å². The van der Waals surface area contributed by atoms with E-state index in [4.69, 9.17) is 16.6 Å². The van der Waals surface area contributed by atoms with Crippen molar-refractivity contribution in [2.24, 2.45) is 0 Å². The zero-order valence-corrected chi connectivity index (χ0v) is 17.7. The fraction of sp³-hybridized carbons (Fsp3) is 0.333. The third-order valence-corrected chi connectivity index (χ3v) is 5.84. The Morgan fingerprint density at radius 3 is 2.48 bits per heavy atom. The number of anilines is 1. The molecule has 6 heteroatoms. The van der Waals surface area contributed by atoms with E-state index < -0.39 is 0 Å². The minimum absolute atomic E-state index is 0.0427.